The fraction of sp³-hybridized carbons (Fsp3) is 0.458. The van der Waals surface area contributed by atoms with Gasteiger partial charge >= 0.3 is 0 Å². The number of amides is 1. The van der Waals surface area contributed by atoms with Gasteiger partial charge in [-0.25, -0.2) is 4.98 Å². The number of H-pyrrole nitrogens is 1. The number of carbonyl (C=O) groups excluding carboxylic acids is 1. The summed E-state index contributed by atoms with van der Waals surface area (Å²) >= 11 is 7.89. The SMILES string of the molecule is O=C(CCc1ccccc1Cl)N1CCN(Cc2nc3sc4c(c3c(=O)[nH]2)CCCC4)CC1. The van der Waals surface area contributed by atoms with Crippen LogP contribution in [0, 0.1) is 0 Å². The van der Waals surface area contributed by atoms with Crippen molar-refractivity contribution in [2.45, 2.75) is 45.1 Å². The average molecular weight is 471 g/mol. The molecule has 32 heavy (non-hydrogen) atoms. The van der Waals surface area contributed by atoms with Crippen molar-refractivity contribution in [2.24, 2.45) is 0 Å². The number of nitrogens with zero attached hydrogens (tertiary/aromatic N) is 3. The van der Waals surface area contributed by atoms with Crippen molar-refractivity contribution in [2.75, 3.05) is 26.2 Å². The number of thiophene rings is 1. The Labute approximate surface area is 196 Å². The third-order valence-electron chi connectivity index (χ3n) is 6.54. The lowest BCUT2D eigenvalue weighted by Crippen LogP contribution is -2.48. The molecule has 0 spiro atoms. The maximum atomic E-state index is 12.8. The molecule has 0 saturated carbocycles. The Morgan fingerprint density at radius 3 is 2.72 bits per heavy atom. The van der Waals surface area contributed by atoms with Crippen LogP contribution in [0.15, 0.2) is 29.1 Å². The van der Waals surface area contributed by atoms with E-state index in [9.17, 15) is 9.59 Å². The summed E-state index contributed by atoms with van der Waals surface area (Å²) in [7, 11) is 0. The minimum atomic E-state index is -0.00205. The number of halogens is 1. The zero-order valence-electron chi connectivity index (χ0n) is 18.0. The molecule has 2 aromatic heterocycles. The molecule has 1 saturated heterocycles. The number of hydrogen-bond donors (Lipinski definition) is 1. The Balaban J connectivity index is 1.18. The number of aromatic amines is 1. The number of rotatable bonds is 5. The van der Waals surface area contributed by atoms with Gasteiger partial charge in [-0.15, -0.1) is 11.3 Å². The lowest BCUT2D eigenvalue weighted by atomic mass is 9.97. The zero-order valence-corrected chi connectivity index (χ0v) is 19.6. The minimum absolute atomic E-state index is 0.00205. The molecule has 1 N–H and O–H groups in total. The molecule has 1 aliphatic carbocycles. The first-order chi connectivity index (χ1) is 15.6. The maximum absolute atomic E-state index is 12.8. The van der Waals surface area contributed by atoms with Crippen LogP contribution in [0.5, 0.6) is 0 Å². The molecule has 2 aliphatic rings. The molecule has 6 nitrogen and oxygen atoms in total. The fourth-order valence-corrected chi connectivity index (χ4v) is 6.26. The van der Waals surface area contributed by atoms with E-state index >= 15 is 0 Å². The van der Waals surface area contributed by atoms with E-state index in [-0.39, 0.29) is 11.5 Å². The van der Waals surface area contributed by atoms with Gasteiger partial charge in [-0.2, -0.15) is 0 Å². The van der Waals surface area contributed by atoms with E-state index in [1.807, 2.05) is 29.2 Å². The maximum Gasteiger partial charge on any atom is 0.259 e. The van der Waals surface area contributed by atoms with Gasteiger partial charge in [-0.3, -0.25) is 14.5 Å². The van der Waals surface area contributed by atoms with Crippen molar-refractivity contribution >= 4 is 39.1 Å². The van der Waals surface area contributed by atoms with Crippen LogP contribution >= 0.6 is 22.9 Å². The highest BCUT2D eigenvalue weighted by Crippen LogP contribution is 2.33. The Kier molecular flexibility index (Phi) is 6.31. The van der Waals surface area contributed by atoms with Crippen LogP contribution in [0.4, 0.5) is 0 Å². The van der Waals surface area contributed by atoms with E-state index in [4.69, 9.17) is 16.6 Å². The molecular weight excluding hydrogens is 444 g/mol. The van der Waals surface area contributed by atoms with Crippen molar-refractivity contribution in [3.8, 4) is 0 Å². The van der Waals surface area contributed by atoms with Crippen LogP contribution in [-0.2, 0) is 30.6 Å². The second-order valence-corrected chi connectivity index (χ2v) is 10.1. The van der Waals surface area contributed by atoms with E-state index in [2.05, 4.69) is 9.88 Å². The summed E-state index contributed by atoms with van der Waals surface area (Å²) < 4.78 is 0. The Bertz CT molecular complexity index is 1200. The lowest BCUT2D eigenvalue weighted by Gasteiger charge is -2.34. The molecule has 1 amide bonds. The quantitative estimate of drug-likeness (QED) is 0.616. The van der Waals surface area contributed by atoms with Gasteiger partial charge in [0.2, 0.25) is 5.91 Å². The molecule has 3 aromatic rings. The second kappa shape index (κ2) is 9.33. The van der Waals surface area contributed by atoms with E-state index in [0.29, 0.717) is 32.5 Å². The highest BCUT2D eigenvalue weighted by atomic mass is 35.5. The zero-order chi connectivity index (χ0) is 22.1. The normalized spacial score (nSPS) is 17.0. The number of fused-ring (bicyclic) bond motifs is 3. The first-order valence-electron chi connectivity index (χ1n) is 11.4. The largest absolute Gasteiger partial charge is 0.340 e. The minimum Gasteiger partial charge on any atom is -0.340 e. The van der Waals surface area contributed by atoms with Gasteiger partial charge in [0, 0.05) is 42.5 Å². The first kappa shape index (κ1) is 21.6. The molecule has 5 rings (SSSR count). The number of aryl methyl sites for hydroxylation is 3. The van der Waals surface area contributed by atoms with Crippen molar-refractivity contribution in [1.29, 1.82) is 0 Å². The van der Waals surface area contributed by atoms with Crippen molar-refractivity contribution in [3.63, 3.8) is 0 Å². The summed E-state index contributed by atoms with van der Waals surface area (Å²) in [6.45, 7) is 3.55. The van der Waals surface area contributed by atoms with Crippen LogP contribution in [0.2, 0.25) is 5.02 Å². The molecule has 3 heterocycles. The fourth-order valence-electron chi connectivity index (χ4n) is 4.75. The summed E-state index contributed by atoms with van der Waals surface area (Å²) in [6.07, 6.45) is 5.55. The molecule has 0 bridgehead atoms. The van der Waals surface area contributed by atoms with E-state index < -0.39 is 0 Å². The summed E-state index contributed by atoms with van der Waals surface area (Å²) in [5.41, 5.74) is 2.24. The Hall–Kier alpha value is -2.22. The average Bonchev–Trinajstić information content (AvgIpc) is 3.17. The Morgan fingerprint density at radius 1 is 1.12 bits per heavy atom. The molecule has 0 atom stereocenters. The number of carbonyl (C=O) groups is 1. The van der Waals surface area contributed by atoms with Gasteiger partial charge in [0.1, 0.15) is 10.7 Å². The van der Waals surface area contributed by atoms with Gasteiger partial charge in [-0.1, -0.05) is 29.8 Å². The number of aromatic nitrogens is 2. The first-order valence-corrected chi connectivity index (χ1v) is 12.5. The van der Waals surface area contributed by atoms with Crippen LogP contribution in [0.1, 0.15) is 41.1 Å². The highest BCUT2D eigenvalue weighted by Gasteiger charge is 2.23. The summed E-state index contributed by atoms with van der Waals surface area (Å²) in [6, 6.07) is 7.69. The predicted octanol–water partition coefficient (Wildman–Crippen LogP) is 3.79. The third kappa shape index (κ3) is 4.47. The molecular formula is C24H27ClN4O2S. The molecule has 0 unspecified atom stereocenters. The monoisotopic (exact) mass is 470 g/mol. The van der Waals surface area contributed by atoms with Gasteiger partial charge in [0.15, 0.2) is 0 Å². The van der Waals surface area contributed by atoms with E-state index in [0.717, 1.165) is 59.0 Å². The van der Waals surface area contributed by atoms with Crippen LogP contribution < -0.4 is 5.56 Å². The third-order valence-corrected chi connectivity index (χ3v) is 8.09. The molecule has 8 heteroatoms. The van der Waals surface area contributed by atoms with Crippen molar-refractivity contribution < 1.29 is 4.79 Å². The number of hydrogen-bond acceptors (Lipinski definition) is 5. The molecule has 0 radical (unpaired) electrons. The number of nitrogens with one attached hydrogen (secondary N) is 1. The topological polar surface area (TPSA) is 69.3 Å². The van der Waals surface area contributed by atoms with Crippen LogP contribution in [0.25, 0.3) is 10.2 Å². The molecule has 1 aliphatic heterocycles. The predicted molar refractivity (Wildman–Crippen MR) is 129 cm³/mol. The summed E-state index contributed by atoms with van der Waals surface area (Å²) in [5.74, 6) is 0.890. The van der Waals surface area contributed by atoms with Crippen LogP contribution in [-0.4, -0.2) is 51.9 Å². The standard InChI is InChI=1S/C24H27ClN4O2S/c25-18-7-3-1-5-16(18)9-10-21(30)29-13-11-28(12-14-29)15-20-26-23(31)22-17-6-2-4-8-19(17)32-24(22)27-20/h1,3,5,7H,2,4,6,8-15H2,(H,26,27,31). The number of benzene rings is 1. The second-order valence-electron chi connectivity index (χ2n) is 8.65. The van der Waals surface area contributed by atoms with Crippen LogP contribution in [0.3, 0.4) is 0 Å². The highest BCUT2D eigenvalue weighted by molar-refractivity contribution is 7.18. The van der Waals surface area contributed by atoms with Gasteiger partial charge in [-0.05, 0) is 49.3 Å². The number of piperazine rings is 1. The Morgan fingerprint density at radius 2 is 1.91 bits per heavy atom. The molecule has 1 fully saturated rings. The van der Waals surface area contributed by atoms with Gasteiger partial charge < -0.3 is 9.88 Å². The van der Waals surface area contributed by atoms with Crippen molar-refractivity contribution in [1.82, 2.24) is 19.8 Å². The summed E-state index contributed by atoms with van der Waals surface area (Å²) in [4.78, 5) is 39.6. The van der Waals surface area contributed by atoms with Gasteiger partial charge in [0.25, 0.3) is 5.56 Å². The molecule has 1 aromatic carbocycles. The van der Waals surface area contributed by atoms with Crippen molar-refractivity contribution in [3.05, 3.63) is 61.5 Å². The molecule has 168 valence electrons. The van der Waals surface area contributed by atoms with E-state index in [1.165, 1.54) is 16.9 Å². The van der Waals surface area contributed by atoms with Gasteiger partial charge in [0.05, 0.1) is 11.9 Å². The lowest BCUT2D eigenvalue weighted by molar-refractivity contribution is -0.133. The smallest absolute Gasteiger partial charge is 0.259 e. The van der Waals surface area contributed by atoms with E-state index in [1.54, 1.807) is 11.3 Å². The summed E-state index contributed by atoms with van der Waals surface area (Å²) in [5, 5.41) is 1.53.